The average molecular weight is 400 g/mol. The lowest BCUT2D eigenvalue weighted by Crippen LogP contribution is -2.14. The highest BCUT2D eigenvalue weighted by atomic mass is 16.5. The number of imidazole rings is 1. The molecule has 4 rings (SSSR count). The number of nitrogens with zero attached hydrogens (tertiary/aromatic N) is 5. The minimum Gasteiger partial charge on any atom is -0.439 e. The second kappa shape index (κ2) is 8.44. The Kier molecular flexibility index (Phi) is 5.38. The number of hydrogen-bond donors (Lipinski definition) is 1. The quantitative estimate of drug-likeness (QED) is 0.530. The Hall–Kier alpha value is -4.20. The van der Waals surface area contributed by atoms with Gasteiger partial charge in [0.2, 0.25) is 5.88 Å². The molecule has 0 unspecified atom stereocenters. The van der Waals surface area contributed by atoms with Gasteiger partial charge < -0.3 is 15.0 Å². The summed E-state index contributed by atoms with van der Waals surface area (Å²) < 4.78 is 7.56. The molecule has 0 spiro atoms. The predicted octanol–water partition coefficient (Wildman–Crippen LogP) is 3.77. The number of carbonyl (C=O) groups is 1. The summed E-state index contributed by atoms with van der Waals surface area (Å²) in [5, 5.41) is 2.89. The van der Waals surface area contributed by atoms with Crippen LogP contribution in [0.4, 0.5) is 11.4 Å². The predicted molar refractivity (Wildman–Crippen MR) is 114 cm³/mol. The third kappa shape index (κ3) is 4.44. The van der Waals surface area contributed by atoms with E-state index >= 15 is 0 Å². The maximum absolute atomic E-state index is 12.5. The minimum atomic E-state index is -0.173. The molecule has 8 nitrogen and oxygen atoms in total. The standard InChI is InChI=1S/C22H20N6O2/c1-27(2)18-5-3-4-16(12-18)22(29)26-17-6-8-19(9-7-17)30-21-13-20(24-14-25-21)28-11-10-23-15-28/h3-15H,1-2H3,(H,26,29). The van der Waals surface area contributed by atoms with Gasteiger partial charge in [-0.3, -0.25) is 9.36 Å². The van der Waals surface area contributed by atoms with Crippen molar-refractivity contribution in [3.8, 4) is 17.4 Å². The fraction of sp³-hybridized carbons (Fsp3) is 0.0909. The monoisotopic (exact) mass is 400 g/mol. The SMILES string of the molecule is CN(C)c1cccc(C(=O)Nc2ccc(Oc3cc(-n4ccnc4)ncn3)cc2)c1. The zero-order valence-electron chi connectivity index (χ0n) is 16.6. The van der Waals surface area contributed by atoms with Crippen LogP contribution in [0, 0.1) is 0 Å². The molecule has 0 aliphatic carbocycles. The van der Waals surface area contributed by atoms with Gasteiger partial charge in [0.25, 0.3) is 5.91 Å². The molecule has 0 saturated heterocycles. The van der Waals surface area contributed by atoms with Gasteiger partial charge in [-0.2, -0.15) is 0 Å². The van der Waals surface area contributed by atoms with Crippen molar-refractivity contribution in [1.82, 2.24) is 19.5 Å². The third-order valence-corrected chi connectivity index (χ3v) is 4.36. The first-order valence-corrected chi connectivity index (χ1v) is 9.25. The Morgan fingerprint density at radius 1 is 1.07 bits per heavy atom. The van der Waals surface area contributed by atoms with Crippen LogP contribution in [0.1, 0.15) is 10.4 Å². The molecule has 2 heterocycles. The molecular weight excluding hydrogens is 380 g/mol. The maximum Gasteiger partial charge on any atom is 0.255 e. The van der Waals surface area contributed by atoms with E-state index < -0.39 is 0 Å². The summed E-state index contributed by atoms with van der Waals surface area (Å²) in [6, 6.07) is 16.3. The van der Waals surface area contributed by atoms with Gasteiger partial charge in [-0.25, -0.2) is 15.0 Å². The van der Waals surface area contributed by atoms with Crippen LogP contribution in [0.3, 0.4) is 0 Å². The van der Waals surface area contributed by atoms with Crippen molar-refractivity contribution in [1.29, 1.82) is 0 Å². The first-order chi connectivity index (χ1) is 14.6. The molecule has 0 radical (unpaired) electrons. The number of anilines is 2. The molecule has 2 aromatic carbocycles. The van der Waals surface area contributed by atoms with Crippen LogP contribution in [0.25, 0.3) is 5.82 Å². The maximum atomic E-state index is 12.5. The van der Waals surface area contributed by atoms with Crippen LogP contribution in [-0.2, 0) is 0 Å². The first kappa shape index (κ1) is 19.1. The lowest BCUT2D eigenvalue weighted by atomic mass is 10.1. The van der Waals surface area contributed by atoms with Gasteiger partial charge in [-0.05, 0) is 42.5 Å². The average Bonchev–Trinajstić information content (AvgIpc) is 3.30. The lowest BCUT2D eigenvalue weighted by molar-refractivity contribution is 0.102. The zero-order valence-corrected chi connectivity index (χ0v) is 16.6. The highest BCUT2D eigenvalue weighted by molar-refractivity contribution is 6.04. The topological polar surface area (TPSA) is 85.2 Å². The molecule has 2 aromatic heterocycles. The van der Waals surface area contributed by atoms with E-state index in [1.54, 1.807) is 59.7 Å². The van der Waals surface area contributed by atoms with E-state index in [0.29, 0.717) is 28.7 Å². The van der Waals surface area contributed by atoms with E-state index in [4.69, 9.17) is 4.74 Å². The third-order valence-electron chi connectivity index (χ3n) is 4.36. The van der Waals surface area contributed by atoms with Crippen molar-refractivity contribution in [3.05, 3.63) is 85.2 Å². The van der Waals surface area contributed by atoms with Crippen molar-refractivity contribution >= 4 is 17.3 Å². The molecule has 30 heavy (non-hydrogen) atoms. The second-order valence-corrected chi connectivity index (χ2v) is 6.71. The molecule has 0 aliphatic rings. The smallest absolute Gasteiger partial charge is 0.255 e. The van der Waals surface area contributed by atoms with Gasteiger partial charge in [-0.1, -0.05) is 6.07 Å². The first-order valence-electron chi connectivity index (χ1n) is 9.25. The van der Waals surface area contributed by atoms with Gasteiger partial charge in [0.05, 0.1) is 0 Å². The molecule has 1 amide bonds. The van der Waals surface area contributed by atoms with Gasteiger partial charge in [0.15, 0.2) is 0 Å². The van der Waals surface area contributed by atoms with E-state index in [9.17, 15) is 4.79 Å². The van der Waals surface area contributed by atoms with Crippen molar-refractivity contribution in [2.45, 2.75) is 0 Å². The van der Waals surface area contributed by atoms with Crippen LogP contribution in [0.5, 0.6) is 11.6 Å². The Morgan fingerprint density at radius 2 is 1.90 bits per heavy atom. The van der Waals surface area contributed by atoms with Crippen LogP contribution < -0.4 is 15.0 Å². The molecule has 150 valence electrons. The Balaban J connectivity index is 1.43. The molecule has 8 heteroatoms. The van der Waals surface area contributed by atoms with E-state index in [1.807, 2.05) is 37.2 Å². The van der Waals surface area contributed by atoms with Crippen molar-refractivity contribution in [2.75, 3.05) is 24.3 Å². The summed E-state index contributed by atoms with van der Waals surface area (Å²) in [4.78, 5) is 26.8. The molecule has 0 bridgehead atoms. The largest absolute Gasteiger partial charge is 0.439 e. The van der Waals surface area contributed by atoms with Crippen LogP contribution in [0.2, 0.25) is 0 Å². The van der Waals surface area contributed by atoms with Gasteiger partial charge in [0, 0.05) is 49.5 Å². The molecule has 0 atom stereocenters. The number of carbonyl (C=O) groups excluding carboxylic acids is 1. The van der Waals surface area contributed by atoms with Crippen molar-refractivity contribution in [3.63, 3.8) is 0 Å². The summed E-state index contributed by atoms with van der Waals surface area (Å²) in [6.07, 6.45) is 6.54. The van der Waals surface area contributed by atoms with E-state index in [2.05, 4.69) is 20.3 Å². The fourth-order valence-corrected chi connectivity index (χ4v) is 2.78. The molecule has 0 saturated carbocycles. The van der Waals surface area contributed by atoms with Crippen molar-refractivity contribution < 1.29 is 9.53 Å². The number of rotatable bonds is 6. The number of benzene rings is 2. The van der Waals surface area contributed by atoms with Gasteiger partial charge in [-0.15, -0.1) is 0 Å². The Bertz CT molecular complexity index is 1140. The van der Waals surface area contributed by atoms with Gasteiger partial charge >= 0.3 is 0 Å². The number of amides is 1. The number of ether oxygens (including phenoxy) is 1. The molecule has 0 fully saturated rings. The Labute approximate surface area is 173 Å². The zero-order chi connectivity index (χ0) is 20.9. The van der Waals surface area contributed by atoms with Gasteiger partial charge in [0.1, 0.15) is 24.2 Å². The molecule has 1 N–H and O–H groups in total. The highest BCUT2D eigenvalue weighted by Crippen LogP contribution is 2.23. The normalized spacial score (nSPS) is 10.5. The summed E-state index contributed by atoms with van der Waals surface area (Å²) in [7, 11) is 3.87. The summed E-state index contributed by atoms with van der Waals surface area (Å²) in [6.45, 7) is 0. The van der Waals surface area contributed by atoms with E-state index in [1.165, 1.54) is 6.33 Å². The summed E-state index contributed by atoms with van der Waals surface area (Å²) in [5.74, 6) is 1.48. The molecular formula is C22H20N6O2. The molecule has 0 aliphatic heterocycles. The van der Waals surface area contributed by atoms with E-state index in [0.717, 1.165) is 5.69 Å². The Morgan fingerprint density at radius 3 is 2.63 bits per heavy atom. The second-order valence-electron chi connectivity index (χ2n) is 6.71. The van der Waals surface area contributed by atoms with E-state index in [-0.39, 0.29) is 5.91 Å². The summed E-state index contributed by atoms with van der Waals surface area (Å²) >= 11 is 0. The fourth-order valence-electron chi connectivity index (χ4n) is 2.78. The van der Waals surface area contributed by atoms with Crippen LogP contribution in [0.15, 0.2) is 79.6 Å². The number of hydrogen-bond acceptors (Lipinski definition) is 6. The molecule has 4 aromatic rings. The van der Waals surface area contributed by atoms with Crippen LogP contribution >= 0.6 is 0 Å². The summed E-state index contributed by atoms with van der Waals surface area (Å²) in [5.41, 5.74) is 2.23. The minimum absolute atomic E-state index is 0.173. The number of aromatic nitrogens is 4. The van der Waals surface area contributed by atoms with Crippen LogP contribution in [-0.4, -0.2) is 39.5 Å². The highest BCUT2D eigenvalue weighted by Gasteiger charge is 2.08. The van der Waals surface area contributed by atoms with Crippen molar-refractivity contribution in [2.24, 2.45) is 0 Å². The number of nitrogens with one attached hydrogen (secondary N) is 1. The lowest BCUT2D eigenvalue weighted by Gasteiger charge is -2.13.